The van der Waals surface area contributed by atoms with Crippen LogP contribution in [0.25, 0.3) is 10.8 Å². The maximum Gasteiger partial charge on any atom is 0.227 e. The van der Waals surface area contributed by atoms with Gasteiger partial charge in [-0.05, 0) is 87.0 Å². The number of hydrogen-bond donors (Lipinski definition) is 3. The number of piperidine rings is 1. The molecule has 5 nitrogen and oxygen atoms in total. The Labute approximate surface area is 193 Å². The predicted molar refractivity (Wildman–Crippen MR) is 133 cm³/mol. The molecule has 0 radical (unpaired) electrons. The van der Waals surface area contributed by atoms with E-state index < -0.39 is 0 Å². The molecule has 2 saturated heterocycles. The number of benzene rings is 2. The summed E-state index contributed by atoms with van der Waals surface area (Å²) in [5.41, 5.74) is 1.14. The molecule has 0 spiro atoms. The first-order valence-electron chi connectivity index (χ1n) is 12.7. The highest BCUT2D eigenvalue weighted by Crippen LogP contribution is 2.21. The normalized spacial score (nSPS) is 19.6. The van der Waals surface area contributed by atoms with Gasteiger partial charge < -0.3 is 20.9 Å². The first-order chi connectivity index (χ1) is 15.8. The largest absolute Gasteiger partial charge is 0.342 e. The minimum absolute atomic E-state index is 0.271. The van der Waals surface area contributed by atoms with Crippen LogP contribution in [0.4, 0.5) is 0 Å². The molecule has 2 aromatic rings. The van der Waals surface area contributed by atoms with E-state index in [1.54, 1.807) is 0 Å². The third kappa shape index (κ3) is 6.77. The monoisotopic (exact) mass is 436 g/mol. The number of nitrogens with one attached hydrogen (secondary N) is 3. The number of carbonyl (C=O) groups is 1. The Kier molecular flexibility index (Phi) is 8.95. The van der Waals surface area contributed by atoms with Crippen molar-refractivity contribution in [3.8, 4) is 0 Å². The number of unbranched alkanes of at least 4 members (excludes halogenated alkanes) is 1. The summed E-state index contributed by atoms with van der Waals surface area (Å²) in [6.45, 7) is 7.41. The molecule has 1 unspecified atom stereocenters. The molecule has 3 N–H and O–H groups in total. The first-order valence-corrected chi connectivity index (χ1v) is 12.7. The van der Waals surface area contributed by atoms with Crippen LogP contribution in [0.1, 0.15) is 44.1 Å². The highest BCUT2D eigenvalue weighted by molar-refractivity contribution is 5.90. The van der Waals surface area contributed by atoms with Gasteiger partial charge in [0, 0.05) is 25.7 Å². The molecule has 2 fully saturated rings. The van der Waals surface area contributed by atoms with Crippen molar-refractivity contribution >= 4 is 16.7 Å². The quantitative estimate of drug-likeness (QED) is 0.473. The molecule has 32 heavy (non-hydrogen) atoms. The lowest BCUT2D eigenvalue weighted by Gasteiger charge is -2.32. The van der Waals surface area contributed by atoms with Gasteiger partial charge in [-0.1, -0.05) is 42.5 Å². The summed E-state index contributed by atoms with van der Waals surface area (Å²) in [6.07, 6.45) is 7.85. The van der Waals surface area contributed by atoms with Crippen molar-refractivity contribution in [1.29, 1.82) is 0 Å². The predicted octanol–water partition coefficient (Wildman–Crippen LogP) is 3.33. The molecule has 0 aromatic heterocycles. The molecule has 5 heteroatoms. The molecule has 1 amide bonds. The zero-order valence-electron chi connectivity index (χ0n) is 19.5. The lowest BCUT2D eigenvalue weighted by molar-refractivity contribution is -0.131. The number of fused-ring (bicyclic) bond motifs is 1. The fourth-order valence-corrected chi connectivity index (χ4v) is 5.12. The minimum Gasteiger partial charge on any atom is -0.342 e. The molecule has 1 atom stereocenters. The van der Waals surface area contributed by atoms with Crippen molar-refractivity contribution in [3.63, 3.8) is 0 Å². The van der Waals surface area contributed by atoms with Gasteiger partial charge in [0.05, 0.1) is 6.42 Å². The van der Waals surface area contributed by atoms with Gasteiger partial charge in [0.25, 0.3) is 0 Å². The number of hydrogen-bond acceptors (Lipinski definition) is 4. The van der Waals surface area contributed by atoms with Crippen LogP contribution in [0.15, 0.2) is 42.5 Å². The zero-order chi connectivity index (χ0) is 22.0. The van der Waals surface area contributed by atoms with Gasteiger partial charge >= 0.3 is 0 Å². The lowest BCUT2D eigenvalue weighted by Crippen LogP contribution is -2.41. The molecule has 2 aliphatic heterocycles. The highest BCUT2D eigenvalue weighted by Gasteiger charge is 2.23. The number of nitrogens with zero attached hydrogens (tertiary/aromatic N) is 1. The van der Waals surface area contributed by atoms with E-state index in [9.17, 15) is 4.79 Å². The van der Waals surface area contributed by atoms with Crippen LogP contribution >= 0.6 is 0 Å². The van der Waals surface area contributed by atoms with E-state index in [-0.39, 0.29) is 5.91 Å². The van der Waals surface area contributed by atoms with Gasteiger partial charge in [-0.15, -0.1) is 0 Å². The Balaban J connectivity index is 1.07. The second-order valence-electron chi connectivity index (χ2n) is 9.55. The summed E-state index contributed by atoms with van der Waals surface area (Å²) in [7, 11) is 0. The smallest absolute Gasteiger partial charge is 0.227 e. The van der Waals surface area contributed by atoms with Crippen molar-refractivity contribution < 1.29 is 4.79 Å². The summed E-state index contributed by atoms with van der Waals surface area (Å²) < 4.78 is 0. The van der Waals surface area contributed by atoms with Gasteiger partial charge in [-0.25, -0.2) is 0 Å². The molecule has 2 heterocycles. The topological polar surface area (TPSA) is 56.4 Å². The summed E-state index contributed by atoms with van der Waals surface area (Å²) >= 11 is 0. The highest BCUT2D eigenvalue weighted by atomic mass is 16.2. The fraction of sp³-hybridized carbons (Fsp3) is 0.593. The van der Waals surface area contributed by atoms with E-state index in [2.05, 4.69) is 63.3 Å². The third-order valence-corrected chi connectivity index (χ3v) is 7.13. The van der Waals surface area contributed by atoms with Crippen molar-refractivity contribution in [2.75, 3.05) is 45.8 Å². The van der Waals surface area contributed by atoms with Crippen LogP contribution in [0.3, 0.4) is 0 Å². The van der Waals surface area contributed by atoms with E-state index in [4.69, 9.17) is 0 Å². The molecule has 2 aromatic carbocycles. The molecular formula is C27H40N4O. The van der Waals surface area contributed by atoms with E-state index in [0.717, 1.165) is 57.7 Å². The Morgan fingerprint density at radius 2 is 1.69 bits per heavy atom. The maximum absolute atomic E-state index is 12.9. The Morgan fingerprint density at radius 3 is 2.47 bits per heavy atom. The summed E-state index contributed by atoms with van der Waals surface area (Å²) in [5.74, 6) is 0.969. The van der Waals surface area contributed by atoms with Crippen LogP contribution in [-0.4, -0.2) is 62.7 Å². The van der Waals surface area contributed by atoms with Gasteiger partial charge in [-0.2, -0.15) is 0 Å². The zero-order valence-corrected chi connectivity index (χ0v) is 19.5. The molecule has 0 aliphatic carbocycles. The second-order valence-corrected chi connectivity index (χ2v) is 9.55. The van der Waals surface area contributed by atoms with E-state index in [0.29, 0.717) is 18.4 Å². The van der Waals surface area contributed by atoms with Crippen LogP contribution in [-0.2, 0) is 11.2 Å². The van der Waals surface area contributed by atoms with Crippen molar-refractivity contribution in [2.24, 2.45) is 5.92 Å². The SMILES string of the molecule is O=C(Cc1cccc2ccccc12)N1CCC(CNCCCCNCC2CCCN2)CC1. The number of likely N-dealkylation sites (tertiary alicyclic amines) is 1. The van der Waals surface area contributed by atoms with Crippen molar-refractivity contribution in [2.45, 2.75) is 51.0 Å². The van der Waals surface area contributed by atoms with Crippen LogP contribution in [0.5, 0.6) is 0 Å². The summed E-state index contributed by atoms with van der Waals surface area (Å²) in [6, 6.07) is 15.3. The van der Waals surface area contributed by atoms with E-state index in [1.165, 1.54) is 43.0 Å². The average molecular weight is 437 g/mol. The average Bonchev–Trinajstić information content (AvgIpc) is 3.35. The second kappa shape index (κ2) is 12.3. The van der Waals surface area contributed by atoms with Crippen LogP contribution in [0.2, 0.25) is 0 Å². The number of carbonyl (C=O) groups excluding carboxylic acids is 1. The van der Waals surface area contributed by atoms with Crippen LogP contribution in [0, 0.1) is 5.92 Å². The molecule has 2 aliphatic rings. The Bertz CT molecular complexity index is 835. The van der Waals surface area contributed by atoms with E-state index in [1.807, 2.05) is 0 Å². The van der Waals surface area contributed by atoms with Crippen molar-refractivity contribution in [1.82, 2.24) is 20.9 Å². The number of rotatable bonds is 11. The third-order valence-electron chi connectivity index (χ3n) is 7.13. The molecule has 0 saturated carbocycles. The van der Waals surface area contributed by atoms with Gasteiger partial charge in [0.15, 0.2) is 0 Å². The van der Waals surface area contributed by atoms with Crippen LogP contribution < -0.4 is 16.0 Å². The molecule has 0 bridgehead atoms. The standard InChI is InChI=1S/C27H40N4O/c32-27(19-24-9-5-8-23-7-1-2-11-26(23)24)31-17-12-22(13-18-31)20-28-14-3-4-15-29-21-25-10-6-16-30-25/h1-2,5,7-9,11,22,25,28-30H,3-4,6,10,12-21H2. The van der Waals surface area contributed by atoms with Gasteiger partial charge in [0.2, 0.25) is 5.91 Å². The molecule has 174 valence electrons. The van der Waals surface area contributed by atoms with Gasteiger partial charge in [0.1, 0.15) is 0 Å². The van der Waals surface area contributed by atoms with E-state index >= 15 is 0 Å². The number of amides is 1. The molecular weight excluding hydrogens is 396 g/mol. The van der Waals surface area contributed by atoms with Crippen molar-refractivity contribution in [3.05, 3.63) is 48.0 Å². The Hall–Kier alpha value is -1.95. The maximum atomic E-state index is 12.9. The summed E-state index contributed by atoms with van der Waals surface area (Å²) in [5, 5.41) is 13.2. The lowest BCUT2D eigenvalue weighted by atomic mass is 9.95. The summed E-state index contributed by atoms with van der Waals surface area (Å²) in [4.78, 5) is 15.0. The molecule has 4 rings (SSSR count). The fourth-order valence-electron chi connectivity index (χ4n) is 5.12. The minimum atomic E-state index is 0.271. The first kappa shape index (κ1) is 23.2. The Morgan fingerprint density at radius 1 is 0.938 bits per heavy atom. The van der Waals surface area contributed by atoms with Gasteiger partial charge in [-0.3, -0.25) is 4.79 Å².